The maximum Gasteiger partial charge on any atom is 0.326 e. The summed E-state index contributed by atoms with van der Waals surface area (Å²) in [5, 5.41) is 63.2. The summed E-state index contributed by atoms with van der Waals surface area (Å²) < 4.78 is 24.0. The summed E-state index contributed by atoms with van der Waals surface area (Å²) >= 11 is 0. The lowest BCUT2D eigenvalue weighted by Gasteiger charge is -2.32. The molecule has 520 valence electrons. The summed E-state index contributed by atoms with van der Waals surface area (Å²) in [6.45, 7) is -0.907. The van der Waals surface area contributed by atoms with Gasteiger partial charge in [0.25, 0.3) is 29.5 Å². The van der Waals surface area contributed by atoms with E-state index in [4.69, 9.17) is 29.2 Å². The van der Waals surface area contributed by atoms with Gasteiger partial charge in [-0.05, 0) is 67.8 Å². The highest BCUT2D eigenvalue weighted by molar-refractivity contribution is 6.33. The highest BCUT2D eigenvalue weighted by atomic mass is 16.5. The molecule has 2 aliphatic heterocycles. The van der Waals surface area contributed by atoms with E-state index in [0.717, 1.165) is 9.80 Å². The summed E-state index contributed by atoms with van der Waals surface area (Å²) in [5.41, 5.74) is -0.291. The van der Waals surface area contributed by atoms with Crippen LogP contribution < -0.4 is 50.8 Å². The van der Waals surface area contributed by atoms with Gasteiger partial charge >= 0.3 is 29.8 Å². The van der Waals surface area contributed by atoms with E-state index in [1.165, 1.54) is 24.3 Å². The molecular weight excluding hydrogens is 1300 g/mol. The third kappa shape index (κ3) is 19.0. The van der Waals surface area contributed by atoms with Gasteiger partial charge in [0.05, 0.1) is 45.5 Å². The summed E-state index contributed by atoms with van der Waals surface area (Å²) in [6, 6.07) is 21.5. The summed E-state index contributed by atoms with van der Waals surface area (Å²) in [5.74, 6) is -13.1. The highest BCUT2D eigenvalue weighted by Crippen LogP contribution is 2.39. The van der Waals surface area contributed by atoms with Crippen LogP contribution in [0.5, 0.6) is 23.0 Å². The minimum absolute atomic E-state index is 0.00332. The van der Waals surface area contributed by atoms with Crippen molar-refractivity contribution in [1.82, 2.24) is 41.7 Å². The van der Waals surface area contributed by atoms with Crippen molar-refractivity contribution in [2.45, 2.75) is 82.3 Å². The van der Waals surface area contributed by atoms with Crippen molar-refractivity contribution in [1.29, 1.82) is 0 Å². The summed E-state index contributed by atoms with van der Waals surface area (Å²) in [4.78, 5) is 190. The van der Waals surface area contributed by atoms with Crippen LogP contribution in [0.1, 0.15) is 106 Å². The lowest BCUT2D eigenvalue weighted by Crippen LogP contribution is -2.50. The van der Waals surface area contributed by atoms with E-state index in [1.807, 2.05) is 17.4 Å². The number of ether oxygens (including phenoxy) is 4. The van der Waals surface area contributed by atoms with E-state index in [1.54, 1.807) is 60.7 Å². The zero-order valence-corrected chi connectivity index (χ0v) is 52.8. The molecule has 99 heavy (non-hydrogen) atoms. The van der Waals surface area contributed by atoms with E-state index >= 15 is 0 Å². The first kappa shape index (κ1) is 72.6. The predicted molar refractivity (Wildman–Crippen MR) is 344 cm³/mol. The van der Waals surface area contributed by atoms with Crippen molar-refractivity contribution >= 4 is 121 Å². The van der Waals surface area contributed by atoms with Crippen molar-refractivity contribution in [3.8, 4) is 23.0 Å². The predicted octanol–water partition coefficient (Wildman–Crippen LogP) is 2.38. The Balaban J connectivity index is 0.740. The molecule has 10 amide bonds. The Morgan fingerprint density at radius 2 is 0.727 bits per heavy atom. The molecule has 3 atom stereocenters. The molecule has 6 aromatic rings. The van der Waals surface area contributed by atoms with Gasteiger partial charge < -0.3 is 76.4 Å². The van der Waals surface area contributed by atoms with Crippen LogP contribution in [0.25, 0.3) is 32.3 Å². The molecule has 0 aromatic heterocycles. The average molecular weight is 1370 g/mol. The molecule has 0 saturated heterocycles. The molecule has 0 radical (unpaired) electrons. The normalized spacial score (nSPS) is 13.2. The molecule has 2 heterocycles. The second kappa shape index (κ2) is 33.9. The standard InChI is InChI=1S/C67H68N8O24/c76-51(71-45(33-57(84)85)62(89)70-26-28-75-65(92)42-19-17-40-59-41(18-20-43(60(42)59)66(75)93)64(91)74(63(40)90)27-23-53(78)73-46(67(94)95)34-58(86)87)16-5-29-96-47-12-1-9-37-36(47)8-2-13-48(37)97-30-6-24-68-54(79)35-99-50-15-4-10-38-39(50)11-3-14-49(38)98-31-7-25-69-61(88)44(32-56(82)83)72-52(77)21-22-55(80)81/h1-4,8-15,17-20,44-46H,5-7,16,21-35H2,(H,68,79)(H,69,88)(H,70,89)(H,71,76)(H,72,77)(H,73,78)(H,80,81)(H,82,83)(H,84,85)(H,86,87)(H,94,95)/t44-,45-,46-/m0/s1. The lowest BCUT2D eigenvalue weighted by molar-refractivity contribution is -0.147. The first-order valence-corrected chi connectivity index (χ1v) is 31.1. The number of carboxylic acid groups (broad SMARTS) is 5. The first-order valence-electron chi connectivity index (χ1n) is 31.1. The molecule has 0 saturated carbocycles. The molecule has 0 spiro atoms. The molecule has 2 aliphatic rings. The van der Waals surface area contributed by atoms with Crippen LogP contribution in [0, 0.1) is 0 Å². The van der Waals surface area contributed by atoms with Crippen molar-refractivity contribution in [3.63, 3.8) is 0 Å². The average Bonchev–Trinajstić information content (AvgIpc) is 0.714. The topological polar surface area (TPSA) is 473 Å². The van der Waals surface area contributed by atoms with Crippen molar-refractivity contribution < 1.29 is 116 Å². The number of nitrogens with one attached hydrogen (secondary N) is 6. The maximum atomic E-state index is 13.9. The second-order valence-corrected chi connectivity index (χ2v) is 22.5. The van der Waals surface area contributed by atoms with Crippen LogP contribution in [0.3, 0.4) is 0 Å². The monoisotopic (exact) mass is 1370 g/mol. The Kier molecular flexibility index (Phi) is 24.9. The summed E-state index contributed by atoms with van der Waals surface area (Å²) in [6.07, 6.45) is -3.24. The minimum Gasteiger partial charge on any atom is -0.493 e. The number of amides is 10. The van der Waals surface area contributed by atoms with E-state index in [9.17, 15) is 87.2 Å². The van der Waals surface area contributed by atoms with E-state index in [0.29, 0.717) is 57.4 Å². The fourth-order valence-electron chi connectivity index (χ4n) is 10.9. The summed E-state index contributed by atoms with van der Waals surface area (Å²) in [7, 11) is 0. The van der Waals surface area contributed by atoms with Gasteiger partial charge in [0, 0.05) is 107 Å². The third-order valence-corrected chi connectivity index (χ3v) is 15.5. The van der Waals surface area contributed by atoms with E-state index in [-0.39, 0.29) is 97.8 Å². The number of carbonyl (C=O) groups excluding carboxylic acids is 10. The zero-order chi connectivity index (χ0) is 71.4. The van der Waals surface area contributed by atoms with Crippen LogP contribution in [0.4, 0.5) is 0 Å². The van der Waals surface area contributed by atoms with Crippen LogP contribution in [-0.2, 0) is 52.7 Å². The first-order chi connectivity index (χ1) is 47.4. The Morgan fingerprint density at radius 1 is 0.364 bits per heavy atom. The fourth-order valence-corrected chi connectivity index (χ4v) is 10.9. The lowest BCUT2D eigenvalue weighted by atomic mass is 9.86. The molecule has 0 fully saturated rings. The molecular formula is C67H68N8O24. The molecule has 0 aliphatic carbocycles. The molecule has 8 rings (SSSR count). The van der Waals surface area contributed by atoms with Crippen molar-refractivity contribution in [2.75, 3.05) is 59.2 Å². The Morgan fingerprint density at radius 3 is 1.15 bits per heavy atom. The molecule has 0 bridgehead atoms. The highest BCUT2D eigenvalue weighted by Gasteiger charge is 2.40. The number of hydrogen-bond donors (Lipinski definition) is 11. The number of rotatable bonds is 39. The van der Waals surface area contributed by atoms with Gasteiger partial charge in [0.15, 0.2) is 6.61 Å². The van der Waals surface area contributed by atoms with Crippen molar-refractivity contribution in [3.05, 3.63) is 119 Å². The molecule has 32 nitrogen and oxygen atoms in total. The van der Waals surface area contributed by atoms with Crippen LogP contribution in [-0.4, -0.2) is 202 Å². The Bertz CT molecular complexity index is 4140. The molecule has 6 aromatic carbocycles. The van der Waals surface area contributed by atoms with Gasteiger partial charge in [-0.25, -0.2) is 4.79 Å². The molecule has 0 unspecified atom stereocenters. The van der Waals surface area contributed by atoms with E-state index < -0.39 is 153 Å². The van der Waals surface area contributed by atoms with E-state index in [2.05, 4.69) is 26.6 Å². The van der Waals surface area contributed by atoms with Gasteiger partial charge in [0.2, 0.25) is 29.5 Å². The van der Waals surface area contributed by atoms with Crippen LogP contribution >= 0.6 is 0 Å². The maximum absolute atomic E-state index is 13.9. The smallest absolute Gasteiger partial charge is 0.326 e. The zero-order valence-electron chi connectivity index (χ0n) is 52.8. The van der Waals surface area contributed by atoms with Crippen molar-refractivity contribution in [2.24, 2.45) is 0 Å². The largest absolute Gasteiger partial charge is 0.493 e. The molecule has 32 heteroatoms. The van der Waals surface area contributed by atoms with Crippen LogP contribution in [0.2, 0.25) is 0 Å². The number of imide groups is 2. The number of hydrogen-bond acceptors (Lipinski definition) is 19. The number of fused-ring (bicyclic) bond motifs is 2. The van der Waals surface area contributed by atoms with Gasteiger partial charge in [-0.15, -0.1) is 0 Å². The Labute approximate surface area is 561 Å². The minimum atomic E-state index is -1.77. The quantitative estimate of drug-likeness (QED) is 0.0195. The third-order valence-electron chi connectivity index (χ3n) is 15.5. The fraction of sp³-hybridized carbons (Fsp3) is 0.328. The molecule has 11 N–H and O–H groups in total. The number of carboxylic acids is 5. The van der Waals surface area contributed by atoms with Gasteiger partial charge in [-0.3, -0.25) is 76.9 Å². The number of aliphatic carboxylic acids is 5. The number of carbonyl (C=O) groups is 15. The second-order valence-electron chi connectivity index (χ2n) is 22.5. The Hall–Kier alpha value is -12.3. The SMILES string of the molecule is O=C(O)CCC(=O)N[C@@H](CC(=O)O)C(=O)NCCCOc1cccc2c(OCC(=O)NCCCOc3cccc4c(OCCCC(=O)N[C@@H](CC(=O)O)C(=O)NCCN5C(=O)c6ccc7c8c(ccc(c68)C5=O)C(=O)N(CCC(=O)N[C@@H](CC(=O)O)C(=O)O)C7=O)cccc34)cccc12. The number of benzene rings is 6. The van der Waals surface area contributed by atoms with Crippen LogP contribution in [0.15, 0.2) is 97.1 Å². The van der Waals surface area contributed by atoms with Gasteiger partial charge in [-0.1, -0.05) is 48.5 Å². The number of nitrogens with zero attached hydrogens (tertiary/aromatic N) is 2. The van der Waals surface area contributed by atoms with Gasteiger partial charge in [0.1, 0.15) is 41.1 Å². The van der Waals surface area contributed by atoms with Gasteiger partial charge in [-0.2, -0.15) is 0 Å².